The molecule has 23 heavy (non-hydrogen) atoms. The van der Waals surface area contributed by atoms with Gasteiger partial charge in [-0.1, -0.05) is 24.3 Å². The van der Waals surface area contributed by atoms with Crippen molar-refractivity contribution < 1.29 is 14.3 Å². The van der Waals surface area contributed by atoms with E-state index in [9.17, 15) is 9.59 Å². The second kappa shape index (κ2) is 6.86. The van der Waals surface area contributed by atoms with Crippen molar-refractivity contribution >= 4 is 17.7 Å². The number of carbonyl (C=O) groups excluding carboxylic acids is 2. The molecule has 1 unspecified atom stereocenters. The minimum Gasteiger partial charge on any atom is -0.466 e. The predicted octanol–water partition coefficient (Wildman–Crippen LogP) is 3.22. The number of ether oxygens (including phenoxy) is 1. The van der Waals surface area contributed by atoms with Crippen molar-refractivity contribution in [2.45, 2.75) is 38.8 Å². The Kier molecular flexibility index (Phi) is 5.08. The van der Waals surface area contributed by atoms with Crippen molar-refractivity contribution in [3.8, 4) is 0 Å². The van der Waals surface area contributed by atoms with E-state index in [-0.39, 0.29) is 17.6 Å². The number of para-hydroxylation sites is 1. The van der Waals surface area contributed by atoms with Gasteiger partial charge in [0.1, 0.15) is 0 Å². The smallest absolute Gasteiger partial charge is 0.330 e. The van der Waals surface area contributed by atoms with Crippen LogP contribution in [-0.2, 0) is 9.53 Å². The Bertz CT molecular complexity index is 590. The van der Waals surface area contributed by atoms with Crippen LogP contribution in [0.15, 0.2) is 42.5 Å². The van der Waals surface area contributed by atoms with Crippen LogP contribution in [0.4, 0.5) is 10.5 Å². The van der Waals surface area contributed by atoms with Crippen LogP contribution < -0.4 is 4.90 Å². The molecule has 1 saturated heterocycles. The van der Waals surface area contributed by atoms with E-state index >= 15 is 0 Å². The third kappa shape index (κ3) is 3.92. The van der Waals surface area contributed by atoms with Gasteiger partial charge in [-0.15, -0.1) is 0 Å². The average Bonchev–Trinajstić information content (AvgIpc) is 2.52. The molecular weight excluding hydrogens is 292 g/mol. The summed E-state index contributed by atoms with van der Waals surface area (Å²) >= 11 is 0. The molecule has 124 valence electrons. The van der Waals surface area contributed by atoms with E-state index in [2.05, 4.69) is 4.74 Å². The average molecular weight is 316 g/mol. The molecule has 0 aliphatic carbocycles. The highest BCUT2D eigenvalue weighted by atomic mass is 16.5. The first-order valence-corrected chi connectivity index (χ1v) is 7.76. The normalized spacial score (nSPS) is 19.3. The molecule has 1 aliphatic heterocycles. The molecule has 5 heteroatoms. The molecule has 1 aliphatic rings. The lowest BCUT2D eigenvalue weighted by Crippen LogP contribution is -2.59. The fourth-order valence-electron chi connectivity index (χ4n) is 2.71. The Morgan fingerprint density at radius 1 is 1.26 bits per heavy atom. The third-order valence-electron chi connectivity index (χ3n) is 3.92. The minimum atomic E-state index is -0.413. The van der Waals surface area contributed by atoms with Crippen molar-refractivity contribution in [3.05, 3.63) is 42.5 Å². The first-order valence-electron chi connectivity index (χ1n) is 7.76. The molecule has 0 N–H and O–H groups in total. The number of anilines is 1. The largest absolute Gasteiger partial charge is 0.466 e. The first kappa shape index (κ1) is 17.1. The fraction of sp³-hybridized carbons (Fsp3) is 0.444. The third-order valence-corrected chi connectivity index (χ3v) is 3.92. The highest BCUT2D eigenvalue weighted by Gasteiger charge is 2.38. The maximum atomic E-state index is 13.0. The quantitative estimate of drug-likeness (QED) is 0.635. The number of esters is 1. The molecule has 1 fully saturated rings. The standard InChI is InChI=1S/C18H24N2O3/c1-18(2,3)19-13-12-15(10-11-16(21)23-4)20(17(19)22)14-8-6-5-7-9-14/h5-11,15H,12-13H2,1-4H3/b11-10+. The van der Waals surface area contributed by atoms with Crippen LogP contribution in [-0.4, -0.2) is 42.1 Å². The summed E-state index contributed by atoms with van der Waals surface area (Å²) in [5.41, 5.74) is 0.576. The highest BCUT2D eigenvalue weighted by molar-refractivity contribution is 5.94. The Hall–Kier alpha value is -2.30. The van der Waals surface area contributed by atoms with E-state index in [1.54, 1.807) is 11.0 Å². The number of carbonyl (C=O) groups is 2. The molecule has 0 spiro atoms. The van der Waals surface area contributed by atoms with Gasteiger partial charge in [-0.3, -0.25) is 4.90 Å². The van der Waals surface area contributed by atoms with E-state index in [4.69, 9.17) is 0 Å². The summed E-state index contributed by atoms with van der Waals surface area (Å²) in [6, 6.07) is 9.32. The molecule has 0 saturated carbocycles. The molecule has 1 aromatic carbocycles. The number of nitrogens with zero attached hydrogens (tertiary/aromatic N) is 2. The number of rotatable bonds is 3. The fourth-order valence-corrected chi connectivity index (χ4v) is 2.71. The monoisotopic (exact) mass is 316 g/mol. The van der Waals surface area contributed by atoms with Crippen LogP contribution in [0.25, 0.3) is 0 Å². The molecule has 1 atom stereocenters. The lowest BCUT2D eigenvalue weighted by molar-refractivity contribution is -0.134. The van der Waals surface area contributed by atoms with Gasteiger partial charge in [0.25, 0.3) is 0 Å². The summed E-state index contributed by atoms with van der Waals surface area (Å²) < 4.78 is 4.64. The summed E-state index contributed by atoms with van der Waals surface area (Å²) in [6.07, 6.45) is 3.89. The summed E-state index contributed by atoms with van der Waals surface area (Å²) in [5.74, 6) is -0.413. The Balaban J connectivity index is 2.34. The van der Waals surface area contributed by atoms with Gasteiger partial charge < -0.3 is 9.64 Å². The molecule has 1 heterocycles. The lowest BCUT2D eigenvalue weighted by atomic mass is 10.0. The van der Waals surface area contributed by atoms with Gasteiger partial charge >= 0.3 is 12.0 Å². The second-order valence-electron chi connectivity index (χ2n) is 6.55. The van der Waals surface area contributed by atoms with Crippen molar-refractivity contribution in [1.82, 2.24) is 4.90 Å². The summed E-state index contributed by atoms with van der Waals surface area (Å²) in [6.45, 7) is 6.73. The molecule has 1 aromatic rings. The number of benzene rings is 1. The Morgan fingerprint density at radius 3 is 2.48 bits per heavy atom. The van der Waals surface area contributed by atoms with Gasteiger partial charge in [0.2, 0.25) is 0 Å². The van der Waals surface area contributed by atoms with Gasteiger partial charge in [0, 0.05) is 23.8 Å². The van der Waals surface area contributed by atoms with E-state index in [0.29, 0.717) is 6.54 Å². The topological polar surface area (TPSA) is 49.9 Å². The van der Waals surface area contributed by atoms with E-state index in [1.807, 2.05) is 56.0 Å². The highest BCUT2D eigenvalue weighted by Crippen LogP contribution is 2.29. The zero-order chi connectivity index (χ0) is 17.0. The molecule has 5 nitrogen and oxygen atoms in total. The molecule has 2 rings (SSSR count). The van der Waals surface area contributed by atoms with Gasteiger partial charge in [-0.25, -0.2) is 9.59 Å². The van der Waals surface area contributed by atoms with E-state index in [0.717, 1.165) is 12.1 Å². The van der Waals surface area contributed by atoms with Gasteiger partial charge in [-0.2, -0.15) is 0 Å². The predicted molar refractivity (Wildman–Crippen MR) is 90.3 cm³/mol. The number of hydrogen-bond acceptors (Lipinski definition) is 3. The molecule has 0 aromatic heterocycles. The van der Waals surface area contributed by atoms with Crippen molar-refractivity contribution in [2.24, 2.45) is 0 Å². The zero-order valence-electron chi connectivity index (χ0n) is 14.2. The van der Waals surface area contributed by atoms with Crippen molar-refractivity contribution in [3.63, 3.8) is 0 Å². The van der Waals surface area contributed by atoms with Gasteiger partial charge in [-0.05, 0) is 39.3 Å². The van der Waals surface area contributed by atoms with Crippen LogP contribution in [0, 0.1) is 0 Å². The number of amides is 2. The van der Waals surface area contributed by atoms with Gasteiger partial charge in [0.05, 0.1) is 13.2 Å². The Labute approximate surface area is 137 Å². The molecule has 0 bridgehead atoms. The number of urea groups is 1. The zero-order valence-corrected chi connectivity index (χ0v) is 14.2. The molecular formula is C18H24N2O3. The summed E-state index contributed by atoms with van der Waals surface area (Å²) in [7, 11) is 1.34. The van der Waals surface area contributed by atoms with Crippen LogP contribution in [0.2, 0.25) is 0 Å². The first-order chi connectivity index (χ1) is 10.8. The summed E-state index contributed by atoms with van der Waals surface area (Å²) in [5, 5.41) is 0. The summed E-state index contributed by atoms with van der Waals surface area (Å²) in [4.78, 5) is 28.0. The van der Waals surface area contributed by atoms with Crippen LogP contribution in [0.3, 0.4) is 0 Å². The Morgan fingerprint density at radius 2 is 1.91 bits per heavy atom. The van der Waals surface area contributed by atoms with Crippen molar-refractivity contribution in [2.75, 3.05) is 18.6 Å². The van der Waals surface area contributed by atoms with Crippen LogP contribution in [0.1, 0.15) is 27.2 Å². The molecule has 2 amide bonds. The van der Waals surface area contributed by atoms with Crippen molar-refractivity contribution in [1.29, 1.82) is 0 Å². The maximum Gasteiger partial charge on any atom is 0.330 e. The van der Waals surface area contributed by atoms with E-state index < -0.39 is 5.97 Å². The van der Waals surface area contributed by atoms with E-state index in [1.165, 1.54) is 13.2 Å². The molecule has 0 radical (unpaired) electrons. The lowest BCUT2D eigenvalue weighted by Gasteiger charge is -2.46. The van der Waals surface area contributed by atoms with Crippen LogP contribution >= 0.6 is 0 Å². The maximum absolute atomic E-state index is 13.0. The SMILES string of the molecule is COC(=O)/C=C/C1CCN(C(C)(C)C)C(=O)N1c1ccccc1. The number of hydrogen-bond donors (Lipinski definition) is 0. The second-order valence-corrected chi connectivity index (χ2v) is 6.55. The van der Waals surface area contributed by atoms with Gasteiger partial charge in [0.15, 0.2) is 0 Å². The number of methoxy groups -OCH3 is 1. The van der Waals surface area contributed by atoms with Crippen LogP contribution in [0.5, 0.6) is 0 Å². The minimum absolute atomic E-state index is 0.0468.